The summed E-state index contributed by atoms with van der Waals surface area (Å²) in [6.07, 6.45) is 1.09. The molecule has 0 atom stereocenters. The maximum absolute atomic E-state index is 13.7. The number of anilines is 1. The molecule has 0 aliphatic heterocycles. The number of benzene rings is 1. The Hall–Kier alpha value is -1.93. The first-order valence-electron chi connectivity index (χ1n) is 5.24. The van der Waals surface area contributed by atoms with Crippen LogP contribution in [0.4, 0.5) is 10.1 Å². The number of hydrogen-bond acceptors (Lipinski definition) is 5. The van der Waals surface area contributed by atoms with E-state index in [9.17, 15) is 17.6 Å². The van der Waals surface area contributed by atoms with Crippen LogP contribution >= 0.6 is 10.7 Å². The molecular formula is C11H8ClFN2O4S. The minimum absolute atomic E-state index is 0.0570. The van der Waals surface area contributed by atoms with E-state index < -0.39 is 25.7 Å². The molecule has 0 spiro atoms. The Morgan fingerprint density at radius 2 is 2.15 bits per heavy atom. The lowest BCUT2D eigenvalue weighted by Crippen LogP contribution is -2.13. The van der Waals surface area contributed by atoms with Gasteiger partial charge in [-0.25, -0.2) is 17.8 Å². The zero-order chi connectivity index (χ0) is 14.9. The molecule has 0 bridgehead atoms. The van der Waals surface area contributed by atoms with Crippen molar-refractivity contribution in [3.8, 4) is 0 Å². The maximum Gasteiger partial charge on any atom is 0.293 e. The number of aryl methyl sites for hydroxylation is 1. The first kappa shape index (κ1) is 14.5. The third-order valence-corrected chi connectivity index (χ3v) is 3.77. The van der Waals surface area contributed by atoms with Crippen LogP contribution in [0.15, 0.2) is 33.9 Å². The van der Waals surface area contributed by atoms with Gasteiger partial charge in [-0.3, -0.25) is 4.79 Å². The molecule has 6 nitrogen and oxygen atoms in total. The van der Waals surface area contributed by atoms with Gasteiger partial charge in [0.05, 0.1) is 16.3 Å². The van der Waals surface area contributed by atoms with Gasteiger partial charge in [-0.05, 0) is 25.1 Å². The summed E-state index contributed by atoms with van der Waals surface area (Å²) in [5.41, 5.74) is 0.151. The zero-order valence-electron chi connectivity index (χ0n) is 10.1. The van der Waals surface area contributed by atoms with Gasteiger partial charge in [0, 0.05) is 10.7 Å². The highest BCUT2D eigenvalue weighted by Crippen LogP contribution is 2.22. The highest BCUT2D eigenvalue weighted by Gasteiger charge is 2.18. The van der Waals surface area contributed by atoms with Gasteiger partial charge >= 0.3 is 0 Å². The summed E-state index contributed by atoms with van der Waals surface area (Å²) in [7, 11) is 1.06. The second-order valence-corrected chi connectivity index (χ2v) is 6.37. The molecule has 20 heavy (non-hydrogen) atoms. The van der Waals surface area contributed by atoms with E-state index in [1.807, 2.05) is 0 Å². The van der Waals surface area contributed by atoms with Gasteiger partial charge in [0.1, 0.15) is 5.82 Å². The standard InChI is InChI=1S/C11H8ClFN2O4S/c1-6-10(19-5-14-6)11(16)15-9-3-2-7(4-8(9)13)20(12,17)18/h2-5H,1H3,(H,15,16). The summed E-state index contributed by atoms with van der Waals surface area (Å²) >= 11 is 0. The molecule has 2 rings (SSSR count). The van der Waals surface area contributed by atoms with Crippen molar-refractivity contribution in [2.75, 3.05) is 5.32 Å². The fraction of sp³-hybridized carbons (Fsp3) is 0.0909. The summed E-state index contributed by atoms with van der Waals surface area (Å²) < 4.78 is 40.6. The van der Waals surface area contributed by atoms with Crippen molar-refractivity contribution in [2.24, 2.45) is 0 Å². The van der Waals surface area contributed by atoms with Crippen LogP contribution in [-0.4, -0.2) is 19.3 Å². The Labute approximate surface area is 118 Å². The average Bonchev–Trinajstić information content (AvgIpc) is 2.76. The number of nitrogens with zero attached hydrogens (tertiary/aromatic N) is 1. The van der Waals surface area contributed by atoms with Crippen molar-refractivity contribution in [3.05, 3.63) is 41.9 Å². The van der Waals surface area contributed by atoms with Crippen molar-refractivity contribution >= 4 is 31.3 Å². The molecule has 1 aromatic heterocycles. The summed E-state index contributed by atoms with van der Waals surface area (Å²) in [4.78, 5) is 15.1. The molecule has 0 aliphatic carbocycles. The van der Waals surface area contributed by atoms with Crippen LogP contribution in [0.25, 0.3) is 0 Å². The van der Waals surface area contributed by atoms with E-state index in [4.69, 9.17) is 15.1 Å². The fourth-order valence-corrected chi connectivity index (χ4v) is 2.21. The van der Waals surface area contributed by atoms with E-state index in [2.05, 4.69) is 10.3 Å². The predicted octanol–water partition coefficient (Wildman–Crippen LogP) is 2.30. The normalized spacial score (nSPS) is 11.3. The number of oxazole rings is 1. The lowest BCUT2D eigenvalue weighted by Gasteiger charge is -2.06. The molecule has 1 heterocycles. The number of amides is 1. The van der Waals surface area contributed by atoms with E-state index in [0.717, 1.165) is 18.5 Å². The highest BCUT2D eigenvalue weighted by molar-refractivity contribution is 8.13. The molecule has 0 saturated carbocycles. The highest BCUT2D eigenvalue weighted by atomic mass is 35.7. The van der Waals surface area contributed by atoms with Gasteiger partial charge in [0.2, 0.25) is 5.76 Å². The number of carbonyl (C=O) groups is 1. The number of aromatic nitrogens is 1. The molecule has 0 aliphatic rings. The van der Waals surface area contributed by atoms with Gasteiger partial charge in [0.25, 0.3) is 15.0 Å². The van der Waals surface area contributed by atoms with Crippen LogP contribution in [0.3, 0.4) is 0 Å². The number of halogens is 2. The molecule has 2 aromatic rings. The molecule has 0 unspecified atom stereocenters. The van der Waals surface area contributed by atoms with Crippen molar-refractivity contribution in [3.63, 3.8) is 0 Å². The topological polar surface area (TPSA) is 89.3 Å². The van der Waals surface area contributed by atoms with E-state index in [1.54, 1.807) is 6.92 Å². The molecule has 0 fully saturated rings. The lowest BCUT2D eigenvalue weighted by atomic mass is 10.3. The Balaban J connectivity index is 2.27. The number of carbonyl (C=O) groups excluding carboxylic acids is 1. The Morgan fingerprint density at radius 1 is 1.45 bits per heavy atom. The Bertz CT molecular complexity index is 772. The van der Waals surface area contributed by atoms with E-state index in [-0.39, 0.29) is 11.4 Å². The van der Waals surface area contributed by atoms with Crippen LogP contribution in [0.1, 0.15) is 16.2 Å². The van der Waals surface area contributed by atoms with Gasteiger partial charge in [0.15, 0.2) is 6.39 Å². The van der Waals surface area contributed by atoms with Gasteiger partial charge in [-0.15, -0.1) is 0 Å². The van der Waals surface area contributed by atoms with Gasteiger partial charge in [-0.1, -0.05) is 0 Å². The van der Waals surface area contributed by atoms with E-state index in [0.29, 0.717) is 11.8 Å². The second-order valence-electron chi connectivity index (χ2n) is 3.80. The fourth-order valence-electron chi connectivity index (χ4n) is 1.45. The average molecular weight is 319 g/mol. The molecule has 1 N–H and O–H groups in total. The first-order chi connectivity index (χ1) is 9.29. The number of hydrogen-bond donors (Lipinski definition) is 1. The third kappa shape index (κ3) is 2.97. The molecule has 0 saturated heterocycles. The second kappa shape index (κ2) is 5.22. The van der Waals surface area contributed by atoms with Crippen molar-refractivity contribution in [1.82, 2.24) is 4.98 Å². The molecule has 1 aromatic carbocycles. The largest absolute Gasteiger partial charge is 0.438 e. The van der Waals surface area contributed by atoms with Crippen molar-refractivity contribution in [2.45, 2.75) is 11.8 Å². The SMILES string of the molecule is Cc1ncoc1C(=O)Nc1ccc(S(=O)(=O)Cl)cc1F. The quantitative estimate of drug-likeness (QED) is 0.877. The molecule has 0 radical (unpaired) electrons. The number of nitrogens with one attached hydrogen (secondary N) is 1. The summed E-state index contributed by atoms with van der Waals surface area (Å²) in [6.45, 7) is 1.55. The van der Waals surface area contributed by atoms with Crippen LogP contribution in [0, 0.1) is 12.7 Å². The Kier molecular flexibility index (Phi) is 3.78. The lowest BCUT2D eigenvalue weighted by molar-refractivity contribution is 0.0995. The zero-order valence-corrected chi connectivity index (χ0v) is 11.6. The van der Waals surface area contributed by atoms with Crippen LogP contribution < -0.4 is 5.32 Å². The molecule has 106 valence electrons. The predicted molar refractivity (Wildman–Crippen MR) is 68.6 cm³/mol. The number of rotatable bonds is 3. The van der Waals surface area contributed by atoms with Gasteiger partial charge in [-0.2, -0.15) is 0 Å². The monoisotopic (exact) mass is 318 g/mol. The minimum Gasteiger partial charge on any atom is -0.438 e. The van der Waals surface area contributed by atoms with E-state index >= 15 is 0 Å². The van der Waals surface area contributed by atoms with Crippen molar-refractivity contribution in [1.29, 1.82) is 0 Å². The van der Waals surface area contributed by atoms with Crippen LogP contribution in [0.2, 0.25) is 0 Å². The Morgan fingerprint density at radius 3 is 2.65 bits per heavy atom. The van der Waals surface area contributed by atoms with Crippen LogP contribution in [0.5, 0.6) is 0 Å². The first-order valence-corrected chi connectivity index (χ1v) is 7.55. The molecular weight excluding hydrogens is 311 g/mol. The summed E-state index contributed by atoms with van der Waals surface area (Å²) in [5, 5.41) is 2.25. The van der Waals surface area contributed by atoms with E-state index in [1.165, 1.54) is 0 Å². The molecule has 9 heteroatoms. The summed E-state index contributed by atoms with van der Waals surface area (Å²) in [6, 6.07) is 2.88. The van der Waals surface area contributed by atoms with Gasteiger partial charge < -0.3 is 9.73 Å². The third-order valence-electron chi connectivity index (χ3n) is 2.42. The molecule has 1 amide bonds. The maximum atomic E-state index is 13.7. The minimum atomic E-state index is -4.03. The van der Waals surface area contributed by atoms with Crippen LogP contribution in [-0.2, 0) is 9.05 Å². The summed E-state index contributed by atoms with van der Waals surface area (Å²) in [5.74, 6) is -1.68. The smallest absolute Gasteiger partial charge is 0.293 e. The van der Waals surface area contributed by atoms with Crippen molar-refractivity contribution < 1.29 is 22.0 Å².